The molecule has 0 bridgehead atoms. The van der Waals surface area contributed by atoms with Crippen molar-refractivity contribution >= 4 is 50.6 Å². The number of anilines is 2. The smallest absolute Gasteiger partial charge is 0.210 e. The predicted octanol–water partition coefficient (Wildman–Crippen LogP) is 5.35. The first-order chi connectivity index (χ1) is 13.1. The number of aromatic amines is 1. The van der Waals surface area contributed by atoms with E-state index >= 15 is 0 Å². The maximum absolute atomic E-state index is 12.8. The summed E-state index contributed by atoms with van der Waals surface area (Å²) >= 11 is 2.87. The van der Waals surface area contributed by atoms with E-state index in [0.29, 0.717) is 5.75 Å². The van der Waals surface area contributed by atoms with E-state index in [1.54, 1.807) is 0 Å². The zero-order valence-corrected chi connectivity index (χ0v) is 16.6. The van der Waals surface area contributed by atoms with Gasteiger partial charge in [0.15, 0.2) is 10.1 Å². The molecular weight excluding hydrogens is 376 g/mol. The molecule has 0 spiro atoms. The van der Waals surface area contributed by atoms with E-state index in [0.717, 1.165) is 42.9 Å². The van der Waals surface area contributed by atoms with E-state index in [1.165, 1.54) is 23.1 Å². The number of hydrogen-bond acceptors (Lipinski definition) is 6. The summed E-state index contributed by atoms with van der Waals surface area (Å²) in [5, 5.41) is 13.3. The maximum atomic E-state index is 12.8. The van der Waals surface area contributed by atoms with Crippen LogP contribution >= 0.6 is 23.1 Å². The number of carbonyl (C=O) groups is 1. The molecule has 5 nitrogen and oxygen atoms in total. The number of benzene rings is 2. The Morgan fingerprint density at radius 1 is 1.11 bits per heavy atom. The fraction of sp³-hybridized carbons (Fsp3) is 0.150. The molecule has 4 aromatic rings. The van der Waals surface area contributed by atoms with E-state index in [2.05, 4.69) is 20.5 Å². The van der Waals surface area contributed by atoms with Crippen LogP contribution in [0.5, 0.6) is 0 Å². The zero-order valence-electron chi connectivity index (χ0n) is 14.9. The summed E-state index contributed by atoms with van der Waals surface area (Å²) in [7, 11) is 0. The predicted molar refractivity (Wildman–Crippen MR) is 112 cm³/mol. The molecule has 0 aliphatic rings. The number of thioether (sulfide) groups is 1. The molecule has 2 N–H and O–H groups in total. The van der Waals surface area contributed by atoms with Crippen molar-refractivity contribution in [2.45, 2.75) is 18.2 Å². The highest BCUT2D eigenvalue weighted by atomic mass is 32.2. The molecule has 0 fully saturated rings. The van der Waals surface area contributed by atoms with Crippen molar-refractivity contribution < 1.29 is 4.79 Å². The number of ketones is 1. The molecule has 0 amide bonds. The van der Waals surface area contributed by atoms with Gasteiger partial charge in [-0.05, 0) is 31.5 Å². The molecule has 0 saturated carbocycles. The second kappa shape index (κ2) is 7.54. The molecule has 0 aliphatic carbocycles. The summed E-state index contributed by atoms with van der Waals surface area (Å²) < 4.78 is 0.775. The summed E-state index contributed by atoms with van der Waals surface area (Å²) in [4.78, 5) is 16.0. The molecule has 136 valence electrons. The van der Waals surface area contributed by atoms with E-state index in [4.69, 9.17) is 0 Å². The van der Waals surface area contributed by atoms with Crippen molar-refractivity contribution in [1.82, 2.24) is 15.2 Å². The van der Waals surface area contributed by atoms with Crippen molar-refractivity contribution in [1.29, 1.82) is 0 Å². The zero-order chi connectivity index (χ0) is 18.8. The number of para-hydroxylation sites is 2. The van der Waals surface area contributed by atoms with Crippen LogP contribution in [0, 0.1) is 13.8 Å². The Morgan fingerprint density at radius 2 is 1.89 bits per heavy atom. The van der Waals surface area contributed by atoms with Crippen molar-refractivity contribution in [3.05, 3.63) is 65.4 Å². The summed E-state index contributed by atoms with van der Waals surface area (Å²) in [6.45, 7) is 3.98. The van der Waals surface area contributed by atoms with Gasteiger partial charge in [0.25, 0.3) is 0 Å². The van der Waals surface area contributed by atoms with Crippen molar-refractivity contribution in [2.75, 3.05) is 11.1 Å². The highest BCUT2D eigenvalue weighted by molar-refractivity contribution is 8.01. The van der Waals surface area contributed by atoms with Crippen LogP contribution in [0.25, 0.3) is 10.9 Å². The van der Waals surface area contributed by atoms with E-state index < -0.39 is 0 Å². The number of Topliss-reactive ketones (excluding diaryl/α,β-unsaturated/α-hetero) is 1. The van der Waals surface area contributed by atoms with Gasteiger partial charge in [-0.1, -0.05) is 59.5 Å². The molecule has 0 atom stereocenters. The van der Waals surface area contributed by atoms with Crippen molar-refractivity contribution in [2.24, 2.45) is 0 Å². The quantitative estimate of drug-likeness (QED) is 0.340. The van der Waals surface area contributed by atoms with Gasteiger partial charge in [-0.15, -0.1) is 10.2 Å². The fourth-order valence-electron chi connectivity index (χ4n) is 2.98. The Balaban J connectivity index is 1.45. The van der Waals surface area contributed by atoms with Gasteiger partial charge in [0, 0.05) is 27.8 Å². The average molecular weight is 395 g/mol. The number of nitrogens with zero attached hydrogens (tertiary/aromatic N) is 2. The highest BCUT2D eigenvalue weighted by Crippen LogP contribution is 2.30. The topological polar surface area (TPSA) is 70.7 Å². The van der Waals surface area contributed by atoms with E-state index in [9.17, 15) is 4.79 Å². The molecular formula is C20H18N4OS2. The monoisotopic (exact) mass is 394 g/mol. The lowest BCUT2D eigenvalue weighted by atomic mass is 10.1. The Bertz CT molecular complexity index is 1120. The first-order valence-corrected chi connectivity index (χ1v) is 10.3. The molecule has 2 heterocycles. The standard InChI is InChI=1S/C20H18N4OS2/c1-12-7-3-5-9-15(12)22-19-23-24-20(27-19)26-11-17(25)18-13(2)21-16-10-6-4-8-14(16)18/h3-10,21H,11H2,1-2H3,(H,22,23). The minimum absolute atomic E-state index is 0.0959. The maximum Gasteiger partial charge on any atom is 0.210 e. The third kappa shape index (κ3) is 3.74. The van der Waals surface area contributed by atoms with Crippen LogP contribution in [0.4, 0.5) is 10.8 Å². The lowest BCUT2D eigenvalue weighted by Crippen LogP contribution is -2.03. The van der Waals surface area contributed by atoms with Gasteiger partial charge in [-0.3, -0.25) is 4.79 Å². The van der Waals surface area contributed by atoms with Crippen LogP contribution in [-0.4, -0.2) is 26.7 Å². The number of carbonyl (C=O) groups excluding carboxylic acids is 1. The SMILES string of the molecule is Cc1ccccc1Nc1nnc(SCC(=O)c2c(C)[nH]c3ccccc23)s1. The highest BCUT2D eigenvalue weighted by Gasteiger charge is 2.17. The number of aromatic nitrogens is 3. The lowest BCUT2D eigenvalue weighted by Gasteiger charge is -2.04. The summed E-state index contributed by atoms with van der Waals surface area (Å²) in [5.74, 6) is 0.431. The largest absolute Gasteiger partial charge is 0.358 e. The van der Waals surface area contributed by atoms with Gasteiger partial charge < -0.3 is 10.3 Å². The fourth-order valence-corrected chi connectivity index (χ4v) is 4.62. The number of rotatable bonds is 6. The van der Waals surface area contributed by atoms with Gasteiger partial charge in [-0.2, -0.15) is 0 Å². The van der Waals surface area contributed by atoms with E-state index in [-0.39, 0.29) is 5.78 Å². The minimum Gasteiger partial charge on any atom is -0.358 e. The minimum atomic E-state index is 0.0959. The summed E-state index contributed by atoms with van der Waals surface area (Å²) in [6, 6.07) is 15.9. The second-order valence-corrected chi connectivity index (χ2v) is 8.40. The molecule has 27 heavy (non-hydrogen) atoms. The van der Waals surface area contributed by atoms with Gasteiger partial charge >= 0.3 is 0 Å². The molecule has 2 aromatic heterocycles. The molecule has 0 aliphatic heterocycles. The van der Waals surface area contributed by atoms with Gasteiger partial charge in [0.05, 0.1) is 5.75 Å². The first-order valence-electron chi connectivity index (χ1n) is 8.51. The number of fused-ring (bicyclic) bond motifs is 1. The second-order valence-electron chi connectivity index (χ2n) is 6.20. The van der Waals surface area contributed by atoms with E-state index in [1.807, 2.05) is 62.4 Å². The average Bonchev–Trinajstić information content (AvgIpc) is 3.24. The first kappa shape index (κ1) is 17.8. The van der Waals surface area contributed by atoms with Crippen LogP contribution in [-0.2, 0) is 0 Å². The third-order valence-electron chi connectivity index (χ3n) is 4.29. The molecule has 7 heteroatoms. The molecule has 2 aromatic carbocycles. The van der Waals surface area contributed by atoms with Crippen LogP contribution < -0.4 is 5.32 Å². The van der Waals surface area contributed by atoms with Crippen molar-refractivity contribution in [3.8, 4) is 0 Å². The molecule has 4 rings (SSSR count). The van der Waals surface area contributed by atoms with Crippen LogP contribution in [0.2, 0.25) is 0 Å². The Kier molecular flexibility index (Phi) is 4.96. The van der Waals surface area contributed by atoms with Gasteiger partial charge in [0.1, 0.15) is 0 Å². The molecule has 0 saturated heterocycles. The lowest BCUT2D eigenvalue weighted by molar-refractivity contribution is 0.102. The van der Waals surface area contributed by atoms with Gasteiger partial charge in [0.2, 0.25) is 5.13 Å². The number of hydrogen-bond donors (Lipinski definition) is 2. The molecule has 0 radical (unpaired) electrons. The summed E-state index contributed by atoms with van der Waals surface area (Å²) in [5.41, 5.74) is 4.81. The third-order valence-corrected chi connectivity index (χ3v) is 6.26. The Labute approximate surface area is 165 Å². The summed E-state index contributed by atoms with van der Waals surface area (Å²) in [6.07, 6.45) is 0. The van der Waals surface area contributed by atoms with Gasteiger partial charge in [-0.25, -0.2) is 0 Å². The molecule has 0 unspecified atom stereocenters. The van der Waals surface area contributed by atoms with Crippen LogP contribution in [0.3, 0.4) is 0 Å². The Hall–Kier alpha value is -2.64. The Morgan fingerprint density at radius 3 is 2.74 bits per heavy atom. The van der Waals surface area contributed by atoms with Crippen LogP contribution in [0.1, 0.15) is 21.6 Å². The number of aryl methyl sites for hydroxylation is 2. The van der Waals surface area contributed by atoms with Crippen molar-refractivity contribution in [3.63, 3.8) is 0 Å². The normalized spacial score (nSPS) is 11.0. The van der Waals surface area contributed by atoms with Crippen LogP contribution in [0.15, 0.2) is 52.9 Å². The number of nitrogens with one attached hydrogen (secondary N) is 2. The number of H-pyrrole nitrogens is 1.